The molecule has 0 aliphatic carbocycles. The highest BCUT2D eigenvalue weighted by Gasteiger charge is 2.18. The summed E-state index contributed by atoms with van der Waals surface area (Å²) in [4.78, 5) is 3.62. The highest BCUT2D eigenvalue weighted by molar-refractivity contribution is 7.89. The maximum atomic E-state index is 11.9. The van der Waals surface area contributed by atoms with E-state index in [2.05, 4.69) is 9.71 Å². The van der Waals surface area contributed by atoms with Gasteiger partial charge in [0.2, 0.25) is 10.0 Å². The zero-order valence-corrected chi connectivity index (χ0v) is 10.9. The van der Waals surface area contributed by atoms with E-state index in [1.54, 1.807) is 6.07 Å². The van der Waals surface area contributed by atoms with E-state index in [4.69, 9.17) is 10.00 Å². The van der Waals surface area contributed by atoms with Crippen molar-refractivity contribution in [2.45, 2.75) is 18.2 Å². The number of rotatable bonds is 7. The number of sulfonamides is 1. The Balaban J connectivity index is 2.67. The summed E-state index contributed by atoms with van der Waals surface area (Å²) in [7, 11) is -3.68. The monoisotopic (exact) mass is 269 g/mol. The van der Waals surface area contributed by atoms with Gasteiger partial charge >= 0.3 is 0 Å². The molecule has 0 atom stereocenters. The zero-order chi connectivity index (χ0) is 13.4. The molecule has 0 radical (unpaired) electrons. The first kappa shape index (κ1) is 14.6. The van der Waals surface area contributed by atoms with Crippen LogP contribution in [0.2, 0.25) is 0 Å². The van der Waals surface area contributed by atoms with Gasteiger partial charge < -0.3 is 4.74 Å². The van der Waals surface area contributed by atoms with Gasteiger partial charge in [-0.15, -0.1) is 0 Å². The van der Waals surface area contributed by atoms with Gasteiger partial charge in [0, 0.05) is 26.0 Å². The Bertz CT molecular complexity index is 523. The molecule has 0 unspecified atom stereocenters. The maximum absolute atomic E-state index is 11.9. The van der Waals surface area contributed by atoms with Crippen LogP contribution in [0.25, 0.3) is 0 Å². The molecule has 18 heavy (non-hydrogen) atoms. The molecular formula is C11H15N3O3S. The third-order valence-corrected chi connectivity index (χ3v) is 3.62. The van der Waals surface area contributed by atoms with E-state index in [-0.39, 0.29) is 17.1 Å². The molecule has 1 N–H and O–H groups in total. The molecule has 0 spiro atoms. The van der Waals surface area contributed by atoms with E-state index in [0.29, 0.717) is 19.6 Å². The molecule has 0 saturated carbocycles. The second-order valence-corrected chi connectivity index (χ2v) is 5.15. The van der Waals surface area contributed by atoms with Gasteiger partial charge in [0.25, 0.3) is 0 Å². The Hall–Kier alpha value is -1.49. The van der Waals surface area contributed by atoms with Crippen molar-refractivity contribution in [2.75, 3.05) is 19.8 Å². The van der Waals surface area contributed by atoms with Gasteiger partial charge in [-0.3, -0.25) is 0 Å². The molecule has 6 nitrogen and oxygen atoms in total. The predicted molar refractivity (Wildman–Crippen MR) is 65.3 cm³/mol. The highest BCUT2D eigenvalue weighted by Crippen LogP contribution is 2.11. The average Bonchev–Trinajstić information content (AvgIpc) is 2.38. The minimum absolute atomic E-state index is 0.0936. The fourth-order valence-corrected chi connectivity index (χ4v) is 2.47. The van der Waals surface area contributed by atoms with Crippen molar-refractivity contribution in [2.24, 2.45) is 0 Å². The number of nitrogens with zero attached hydrogens (tertiary/aromatic N) is 2. The summed E-state index contributed by atoms with van der Waals surface area (Å²) < 4.78 is 31.3. The Morgan fingerprint density at radius 1 is 1.56 bits per heavy atom. The zero-order valence-electron chi connectivity index (χ0n) is 10.1. The lowest BCUT2D eigenvalue weighted by Crippen LogP contribution is -2.26. The number of pyridine rings is 1. The molecule has 0 saturated heterocycles. The number of nitrogens with one attached hydrogen (secondary N) is 1. The van der Waals surface area contributed by atoms with Crippen LogP contribution in [-0.2, 0) is 14.8 Å². The van der Waals surface area contributed by atoms with Crippen molar-refractivity contribution in [1.82, 2.24) is 9.71 Å². The Kier molecular flexibility index (Phi) is 5.71. The molecule has 0 amide bonds. The van der Waals surface area contributed by atoms with Crippen LogP contribution in [0.1, 0.15) is 19.0 Å². The smallest absolute Gasteiger partial charge is 0.243 e. The Morgan fingerprint density at radius 3 is 3.00 bits per heavy atom. The van der Waals surface area contributed by atoms with Crippen LogP contribution < -0.4 is 4.72 Å². The van der Waals surface area contributed by atoms with Crippen molar-refractivity contribution < 1.29 is 13.2 Å². The van der Waals surface area contributed by atoms with Gasteiger partial charge in [0.15, 0.2) is 5.69 Å². The summed E-state index contributed by atoms with van der Waals surface area (Å²) in [5, 5.41) is 8.80. The molecule has 0 aliphatic rings. The normalized spacial score (nSPS) is 11.1. The number of hydrogen-bond acceptors (Lipinski definition) is 5. The van der Waals surface area contributed by atoms with E-state index in [9.17, 15) is 8.42 Å². The lowest BCUT2D eigenvalue weighted by molar-refractivity contribution is 0.146. The lowest BCUT2D eigenvalue weighted by atomic mass is 10.4. The standard InChI is InChI=1S/C11H15N3O3S/c1-2-17-8-4-7-14-18(15,16)11-5-3-6-13-10(11)9-12/h3,5-6,14H,2,4,7-8H2,1H3. The van der Waals surface area contributed by atoms with Crippen LogP contribution in [0.4, 0.5) is 0 Å². The average molecular weight is 269 g/mol. The minimum atomic E-state index is -3.68. The first-order chi connectivity index (χ1) is 8.61. The van der Waals surface area contributed by atoms with E-state index >= 15 is 0 Å². The Morgan fingerprint density at radius 2 is 2.33 bits per heavy atom. The SMILES string of the molecule is CCOCCCNS(=O)(=O)c1cccnc1C#N. The van der Waals surface area contributed by atoms with E-state index in [1.165, 1.54) is 18.3 Å². The van der Waals surface area contributed by atoms with Gasteiger partial charge in [-0.05, 0) is 25.5 Å². The molecule has 7 heteroatoms. The number of hydrogen-bond donors (Lipinski definition) is 1. The molecule has 1 aromatic rings. The summed E-state index contributed by atoms with van der Waals surface area (Å²) in [6.07, 6.45) is 1.96. The summed E-state index contributed by atoms with van der Waals surface area (Å²) in [6.45, 7) is 3.24. The van der Waals surface area contributed by atoms with Crippen molar-refractivity contribution >= 4 is 10.0 Å². The Labute approximate surface area is 107 Å². The maximum Gasteiger partial charge on any atom is 0.243 e. The van der Waals surface area contributed by atoms with Crippen LogP contribution in [0.15, 0.2) is 23.2 Å². The first-order valence-electron chi connectivity index (χ1n) is 5.54. The quantitative estimate of drug-likeness (QED) is 0.734. The lowest BCUT2D eigenvalue weighted by Gasteiger charge is -2.07. The number of nitriles is 1. The summed E-state index contributed by atoms with van der Waals surface area (Å²) in [5.74, 6) is 0. The van der Waals surface area contributed by atoms with Crippen molar-refractivity contribution in [3.05, 3.63) is 24.0 Å². The van der Waals surface area contributed by atoms with E-state index < -0.39 is 10.0 Å². The van der Waals surface area contributed by atoms with Crippen LogP contribution in [0.3, 0.4) is 0 Å². The number of aromatic nitrogens is 1. The van der Waals surface area contributed by atoms with Gasteiger partial charge in [0.1, 0.15) is 11.0 Å². The predicted octanol–water partition coefficient (Wildman–Crippen LogP) is 0.658. The third-order valence-electron chi connectivity index (χ3n) is 2.13. The van der Waals surface area contributed by atoms with E-state index in [0.717, 1.165) is 0 Å². The molecule has 0 aliphatic heterocycles. The molecule has 0 aromatic carbocycles. The van der Waals surface area contributed by atoms with Crippen molar-refractivity contribution in [3.8, 4) is 6.07 Å². The summed E-state index contributed by atoms with van der Waals surface area (Å²) in [5.41, 5.74) is -0.102. The van der Waals surface area contributed by atoms with Crippen LogP contribution >= 0.6 is 0 Å². The molecule has 98 valence electrons. The molecule has 1 rings (SSSR count). The molecular weight excluding hydrogens is 254 g/mol. The van der Waals surface area contributed by atoms with Gasteiger partial charge in [-0.25, -0.2) is 18.1 Å². The van der Waals surface area contributed by atoms with Crippen molar-refractivity contribution in [3.63, 3.8) is 0 Å². The van der Waals surface area contributed by atoms with Crippen LogP contribution in [0.5, 0.6) is 0 Å². The largest absolute Gasteiger partial charge is 0.382 e. The second-order valence-electron chi connectivity index (χ2n) is 3.41. The molecule has 1 heterocycles. The fourth-order valence-electron chi connectivity index (χ4n) is 1.29. The van der Waals surface area contributed by atoms with Crippen LogP contribution in [0, 0.1) is 11.3 Å². The molecule has 0 bridgehead atoms. The van der Waals surface area contributed by atoms with Gasteiger partial charge in [0.05, 0.1) is 0 Å². The number of ether oxygens (including phenoxy) is 1. The third kappa shape index (κ3) is 4.07. The topological polar surface area (TPSA) is 92.1 Å². The fraction of sp³-hybridized carbons (Fsp3) is 0.455. The summed E-state index contributed by atoms with van der Waals surface area (Å²) >= 11 is 0. The molecule has 0 fully saturated rings. The minimum Gasteiger partial charge on any atom is -0.382 e. The highest BCUT2D eigenvalue weighted by atomic mass is 32.2. The van der Waals surface area contributed by atoms with Gasteiger partial charge in [-0.2, -0.15) is 5.26 Å². The first-order valence-corrected chi connectivity index (χ1v) is 7.02. The van der Waals surface area contributed by atoms with Gasteiger partial charge in [-0.1, -0.05) is 0 Å². The van der Waals surface area contributed by atoms with Crippen molar-refractivity contribution in [1.29, 1.82) is 5.26 Å². The van der Waals surface area contributed by atoms with E-state index in [1.807, 2.05) is 6.92 Å². The summed E-state index contributed by atoms with van der Waals surface area (Å²) in [6, 6.07) is 4.60. The molecule has 1 aromatic heterocycles. The second kappa shape index (κ2) is 7.06. The van der Waals surface area contributed by atoms with Crippen LogP contribution in [-0.4, -0.2) is 33.2 Å².